The largest absolute Gasteiger partial charge is 0.399 e. The van der Waals surface area contributed by atoms with Crippen LogP contribution < -0.4 is 11.5 Å². The predicted molar refractivity (Wildman–Crippen MR) is 225 cm³/mol. The number of hydrogen-bond donors (Lipinski definition) is 3. The van der Waals surface area contributed by atoms with Crippen LogP contribution in [0.15, 0.2) is 165 Å². The third-order valence-electron chi connectivity index (χ3n) is 8.26. The van der Waals surface area contributed by atoms with Crippen molar-refractivity contribution in [2.75, 3.05) is 0 Å². The minimum Gasteiger partial charge on any atom is -0.399 e. The quantitative estimate of drug-likeness (QED) is 0.109. The van der Waals surface area contributed by atoms with Gasteiger partial charge in [-0.2, -0.15) is 0 Å². The van der Waals surface area contributed by atoms with Crippen LogP contribution in [0.3, 0.4) is 0 Å². The number of allylic oxidation sites excluding steroid dienone is 8. The molecule has 0 aromatic heterocycles. The zero-order chi connectivity index (χ0) is 36.6. The van der Waals surface area contributed by atoms with Crippen molar-refractivity contribution >= 4 is 45.6 Å². The third-order valence-corrected chi connectivity index (χ3v) is 8.26. The lowest BCUT2D eigenvalue weighted by atomic mass is 9.81. The Bertz CT molecular complexity index is 2150. The van der Waals surface area contributed by atoms with Crippen molar-refractivity contribution in [3.05, 3.63) is 187 Å². The van der Waals surface area contributed by atoms with Gasteiger partial charge in [0.15, 0.2) is 0 Å². The summed E-state index contributed by atoms with van der Waals surface area (Å²) in [4.78, 5) is 0. The number of hydrogen-bond acceptors (Lipinski definition) is 3. The van der Waals surface area contributed by atoms with Gasteiger partial charge in [0.2, 0.25) is 0 Å². The van der Waals surface area contributed by atoms with Crippen LogP contribution in [0.4, 0.5) is 0 Å². The molecule has 0 radical (unpaired) electrons. The van der Waals surface area contributed by atoms with Gasteiger partial charge in [-0.05, 0) is 118 Å². The molecular formula is C47H49N3. The predicted octanol–water partition coefficient (Wildman–Crippen LogP) is 12.6. The molecule has 50 heavy (non-hydrogen) atoms. The molecule has 0 aliphatic rings. The van der Waals surface area contributed by atoms with E-state index in [1.807, 2.05) is 56.4 Å². The SMILES string of the molecule is C=CC=C.C=Cc1c(C=C)c(-c2cccc(/C(N)=C/C=C(C)/C(N)=C/C=C\C)c2C)c2ccccc2c1-c1ccc2ccccc2c1.CC=N. The monoisotopic (exact) mass is 655 g/mol. The van der Waals surface area contributed by atoms with Crippen LogP contribution in [-0.2, 0) is 0 Å². The fourth-order valence-electron chi connectivity index (χ4n) is 5.80. The molecule has 5 aromatic rings. The molecule has 0 fully saturated rings. The number of nitrogens with one attached hydrogen (secondary N) is 1. The average molecular weight is 656 g/mol. The van der Waals surface area contributed by atoms with Gasteiger partial charge in [0.1, 0.15) is 0 Å². The zero-order valence-electron chi connectivity index (χ0n) is 29.8. The summed E-state index contributed by atoms with van der Waals surface area (Å²) in [6.07, 6.45) is 18.1. The summed E-state index contributed by atoms with van der Waals surface area (Å²) in [5, 5.41) is 10.8. The van der Waals surface area contributed by atoms with E-state index in [0.717, 1.165) is 55.5 Å². The second-order valence-electron chi connectivity index (χ2n) is 11.5. The molecule has 0 atom stereocenters. The van der Waals surface area contributed by atoms with Crippen molar-refractivity contribution in [3.63, 3.8) is 0 Å². The molecule has 5 N–H and O–H groups in total. The molecule has 3 heteroatoms. The van der Waals surface area contributed by atoms with E-state index in [2.05, 4.69) is 118 Å². The summed E-state index contributed by atoms with van der Waals surface area (Å²) in [6.45, 7) is 23.0. The molecule has 0 saturated heterocycles. The lowest BCUT2D eigenvalue weighted by Gasteiger charge is -2.22. The summed E-state index contributed by atoms with van der Waals surface area (Å²) < 4.78 is 0. The van der Waals surface area contributed by atoms with Crippen LogP contribution in [0.2, 0.25) is 0 Å². The smallest absolute Gasteiger partial charge is 0.0390 e. The Hall–Kier alpha value is -6.19. The van der Waals surface area contributed by atoms with Gasteiger partial charge in [-0.3, -0.25) is 0 Å². The average Bonchev–Trinajstić information content (AvgIpc) is 3.15. The molecule has 0 aliphatic carbocycles. The Morgan fingerprint density at radius 3 is 1.86 bits per heavy atom. The maximum absolute atomic E-state index is 6.68. The van der Waals surface area contributed by atoms with E-state index in [-0.39, 0.29) is 0 Å². The van der Waals surface area contributed by atoms with E-state index in [0.29, 0.717) is 11.4 Å². The van der Waals surface area contributed by atoms with E-state index in [1.165, 1.54) is 22.4 Å². The molecule has 0 heterocycles. The van der Waals surface area contributed by atoms with Crippen molar-refractivity contribution in [1.82, 2.24) is 0 Å². The van der Waals surface area contributed by atoms with E-state index in [9.17, 15) is 0 Å². The molecule has 0 aliphatic heterocycles. The van der Waals surface area contributed by atoms with Gasteiger partial charge >= 0.3 is 0 Å². The lowest BCUT2D eigenvalue weighted by Crippen LogP contribution is -2.02. The normalized spacial score (nSPS) is 11.6. The summed E-state index contributed by atoms with van der Waals surface area (Å²) in [5.74, 6) is 0. The second-order valence-corrected chi connectivity index (χ2v) is 11.5. The van der Waals surface area contributed by atoms with Gasteiger partial charge in [-0.25, -0.2) is 0 Å². The Labute approximate surface area is 298 Å². The Morgan fingerprint density at radius 2 is 1.26 bits per heavy atom. The first-order valence-corrected chi connectivity index (χ1v) is 16.6. The summed E-state index contributed by atoms with van der Waals surface area (Å²) in [5.41, 5.74) is 24.0. The van der Waals surface area contributed by atoms with Crippen LogP contribution in [0, 0.1) is 12.3 Å². The number of fused-ring (bicyclic) bond motifs is 2. The van der Waals surface area contributed by atoms with Crippen molar-refractivity contribution in [3.8, 4) is 22.3 Å². The summed E-state index contributed by atoms with van der Waals surface area (Å²) in [7, 11) is 0. The van der Waals surface area contributed by atoms with E-state index >= 15 is 0 Å². The minimum absolute atomic E-state index is 0.679. The minimum atomic E-state index is 0.679. The van der Waals surface area contributed by atoms with E-state index in [4.69, 9.17) is 16.9 Å². The summed E-state index contributed by atoms with van der Waals surface area (Å²) >= 11 is 0. The highest BCUT2D eigenvalue weighted by Crippen LogP contribution is 2.45. The maximum Gasteiger partial charge on any atom is 0.0390 e. The maximum atomic E-state index is 6.68. The van der Waals surface area contributed by atoms with Crippen LogP contribution in [0.25, 0.3) is 61.6 Å². The standard InChI is InChI=1S/C41H38N2.C4H6.C2H5N/c1-6-9-21-38(42)27(4)22-25-39(43)34-19-14-20-35(28(34)5)41-33(8-3)32(7-2)40(36-17-12-13-18-37(36)41)31-24-23-29-15-10-11-16-30(29)26-31;1-3-4-2;1-2-3/h6-26H,2-3,42-43H2,1,4-5H3;3-4H,1-2H2;2-3H,1H3/b9-6-,27-22+,38-21-,39-25-;;. The Morgan fingerprint density at radius 1 is 0.680 bits per heavy atom. The molecular weight excluding hydrogens is 607 g/mol. The first-order valence-electron chi connectivity index (χ1n) is 16.6. The van der Waals surface area contributed by atoms with Gasteiger partial charge in [0.05, 0.1) is 0 Å². The Kier molecular flexibility index (Phi) is 14.5. The first kappa shape index (κ1) is 38.3. The summed E-state index contributed by atoms with van der Waals surface area (Å²) in [6, 6.07) is 30.0. The molecule has 0 bridgehead atoms. The lowest BCUT2D eigenvalue weighted by molar-refractivity contribution is 1.29. The van der Waals surface area contributed by atoms with E-state index < -0.39 is 0 Å². The van der Waals surface area contributed by atoms with Crippen LogP contribution in [0.1, 0.15) is 43.0 Å². The topological polar surface area (TPSA) is 75.9 Å². The van der Waals surface area contributed by atoms with Gasteiger partial charge in [0, 0.05) is 17.0 Å². The van der Waals surface area contributed by atoms with Crippen LogP contribution in [-0.4, -0.2) is 6.21 Å². The fourth-order valence-corrected chi connectivity index (χ4v) is 5.80. The van der Waals surface area contributed by atoms with Crippen LogP contribution >= 0.6 is 0 Å². The molecule has 3 nitrogen and oxygen atoms in total. The highest BCUT2D eigenvalue weighted by molar-refractivity contribution is 6.12. The molecule has 0 amide bonds. The molecule has 5 aromatic carbocycles. The van der Waals surface area contributed by atoms with Crippen molar-refractivity contribution in [2.24, 2.45) is 11.5 Å². The fraction of sp³-hybridized carbons (Fsp3) is 0.0851. The van der Waals surface area contributed by atoms with Crippen molar-refractivity contribution in [1.29, 1.82) is 5.41 Å². The van der Waals surface area contributed by atoms with Crippen LogP contribution in [0.5, 0.6) is 0 Å². The second kappa shape index (κ2) is 19.0. The molecule has 252 valence electrons. The highest BCUT2D eigenvalue weighted by atomic mass is 14.6. The van der Waals surface area contributed by atoms with Gasteiger partial charge < -0.3 is 16.9 Å². The van der Waals surface area contributed by atoms with Gasteiger partial charge in [-0.15, -0.1) is 0 Å². The van der Waals surface area contributed by atoms with Crippen molar-refractivity contribution < 1.29 is 0 Å². The zero-order valence-corrected chi connectivity index (χ0v) is 29.8. The number of benzene rings is 5. The molecule has 5 rings (SSSR count). The van der Waals surface area contributed by atoms with E-state index in [1.54, 1.807) is 19.1 Å². The third kappa shape index (κ3) is 8.83. The number of rotatable bonds is 9. The van der Waals surface area contributed by atoms with Crippen molar-refractivity contribution in [2.45, 2.75) is 27.7 Å². The molecule has 0 unspecified atom stereocenters. The van der Waals surface area contributed by atoms with Gasteiger partial charge in [0.25, 0.3) is 0 Å². The highest BCUT2D eigenvalue weighted by Gasteiger charge is 2.20. The number of nitrogens with two attached hydrogens (primary N) is 2. The first-order chi connectivity index (χ1) is 24.2. The molecule has 0 spiro atoms. The molecule has 0 saturated carbocycles. The van der Waals surface area contributed by atoms with Gasteiger partial charge in [-0.1, -0.05) is 148 Å². The Balaban J connectivity index is 0.000000887.